The molecule has 0 radical (unpaired) electrons. The summed E-state index contributed by atoms with van der Waals surface area (Å²) in [5.41, 5.74) is 5.68. The molecule has 7 nitrogen and oxygen atoms in total. The van der Waals surface area contributed by atoms with Crippen LogP contribution in [0.15, 0.2) is 29.0 Å². The van der Waals surface area contributed by atoms with Crippen LogP contribution < -0.4 is 10.5 Å². The van der Waals surface area contributed by atoms with Crippen LogP contribution in [0.4, 0.5) is 11.5 Å². The molecule has 2 rings (SSSR count). The molecular formula is C11H8BrClN4O3. The molecule has 1 heterocycles. The van der Waals surface area contributed by atoms with Crippen LogP contribution in [-0.2, 0) is 6.61 Å². The Morgan fingerprint density at radius 1 is 1.40 bits per heavy atom. The lowest BCUT2D eigenvalue weighted by Crippen LogP contribution is -2.03. The first-order valence-electron chi connectivity index (χ1n) is 5.30. The van der Waals surface area contributed by atoms with Gasteiger partial charge in [0.05, 0.1) is 27.5 Å². The molecule has 0 bridgehead atoms. The summed E-state index contributed by atoms with van der Waals surface area (Å²) in [4.78, 5) is 18.3. The number of benzene rings is 1. The number of nitro groups is 1. The average molecular weight is 360 g/mol. The quantitative estimate of drug-likeness (QED) is 0.665. The molecule has 0 saturated heterocycles. The van der Waals surface area contributed by atoms with E-state index >= 15 is 0 Å². The summed E-state index contributed by atoms with van der Waals surface area (Å²) >= 11 is 8.96. The Morgan fingerprint density at radius 3 is 2.75 bits per heavy atom. The topological polar surface area (TPSA) is 104 Å². The van der Waals surface area contributed by atoms with Crippen LogP contribution in [0.3, 0.4) is 0 Å². The lowest BCUT2D eigenvalue weighted by atomic mass is 10.3. The standard InChI is InChI=1S/C11H8BrClN4O3/c12-8-1-6(13)2-9(17(18)19)11(8)20-5-7-3-16-10(14)4-15-7/h1-4H,5H2,(H2,14,16). The summed E-state index contributed by atoms with van der Waals surface area (Å²) in [5.74, 6) is 0.366. The van der Waals surface area contributed by atoms with Crippen molar-refractivity contribution < 1.29 is 9.66 Å². The second kappa shape index (κ2) is 6.02. The second-order valence-electron chi connectivity index (χ2n) is 3.71. The van der Waals surface area contributed by atoms with Crippen LogP contribution in [0.2, 0.25) is 5.02 Å². The molecule has 2 aromatic rings. The van der Waals surface area contributed by atoms with Crippen molar-refractivity contribution in [1.82, 2.24) is 9.97 Å². The largest absolute Gasteiger partial charge is 0.479 e. The highest BCUT2D eigenvalue weighted by molar-refractivity contribution is 9.10. The van der Waals surface area contributed by atoms with Crippen molar-refractivity contribution >= 4 is 39.0 Å². The Bertz CT molecular complexity index is 651. The molecule has 9 heteroatoms. The second-order valence-corrected chi connectivity index (χ2v) is 5.01. The number of rotatable bonds is 4. The summed E-state index contributed by atoms with van der Waals surface area (Å²) in [6.07, 6.45) is 2.81. The third-order valence-corrected chi connectivity index (χ3v) is 3.08. The van der Waals surface area contributed by atoms with E-state index in [4.69, 9.17) is 22.1 Å². The van der Waals surface area contributed by atoms with Crippen LogP contribution in [0.1, 0.15) is 5.69 Å². The molecule has 1 aromatic heterocycles. The Balaban J connectivity index is 2.24. The van der Waals surface area contributed by atoms with E-state index in [0.29, 0.717) is 10.2 Å². The number of nitrogens with zero attached hydrogens (tertiary/aromatic N) is 3. The van der Waals surface area contributed by atoms with Gasteiger partial charge in [-0.05, 0) is 22.0 Å². The first kappa shape index (κ1) is 14.5. The van der Waals surface area contributed by atoms with Crippen molar-refractivity contribution in [2.45, 2.75) is 6.61 Å². The van der Waals surface area contributed by atoms with Gasteiger partial charge in [-0.3, -0.25) is 15.1 Å². The predicted molar refractivity (Wildman–Crippen MR) is 76.6 cm³/mol. The molecule has 0 aliphatic carbocycles. The first-order valence-corrected chi connectivity index (χ1v) is 6.47. The fraction of sp³-hybridized carbons (Fsp3) is 0.0909. The van der Waals surface area contributed by atoms with Crippen LogP contribution in [-0.4, -0.2) is 14.9 Å². The van der Waals surface area contributed by atoms with Gasteiger partial charge in [0.2, 0.25) is 5.75 Å². The van der Waals surface area contributed by atoms with Gasteiger partial charge in [0.1, 0.15) is 12.4 Å². The number of anilines is 1. The number of halogens is 2. The first-order chi connectivity index (χ1) is 9.47. The van der Waals surface area contributed by atoms with Gasteiger partial charge in [-0.2, -0.15) is 0 Å². The van der Waals surface area contributed by atoms with Crippen molar-refractivity contribution in [2.24, 2.45) is 0 Å². The third-order valence-electron chi connectivity index (χ3n) is 2.28. The highest BCUT2D eigenvalue weighted by Gasteiger charge is 2.20. The van der Waals surface area contributed by atoms with E-state index in [1.807, 2.05) is 0 Å². The highest BCUT2D eigenvalue weighted by Crippen LogP contribution is 2.38. The predicted octanol–water partition coefficient (Wildman–Crippen LogP) is 2.96. The van der Waals surface area contributed by atoms with Gasteiger partial charge in [0.25, 0.3) is 0 Å². The van der Waals surface area contributed by atoms with Gasteiger partial charge in [-0.15, -0.1) is 0 Å². The number of hydrogen-bond donors (Lipinski definition) is 1. The number of hydrogen-bond acceptors (Lipinski definition) is 6. The zero-order chi connectivity index (χ0) is 14.7. The molecule has 104 valence electrons. The molecule has 0 aliphatic heterocycles. The zero-order valence-corrected chi connectivity index (χ0v) is 12.3. The van der Waals surface area contributed by atoms with Gasteiger partial charge >= 0.3 is 5.69 Å². The number of nitrogens with two attached hydrogens (primary N) is 1. The van der Waals surface area contributed by atoms with Gasteiger partial charge < -0.3 is 10.5 Å². The number of nitro benzene ring substituents is 1. The van der Waals surface area contributed by atoms with E-state index in [-0.39, 0.29) is 28.9 Å². The molecule has 2 N–H and O–H groups in total. The minimum atomic E-state index is -0.569. The lowest BCUT2D eigenvalue weighted by Gasteiger charge is -2.08. The molecule has 0 unspecified atom stereocenters. The molecule has 20 heavy (non-hydrogen) atoms. The Morgan fingerprint density at radius 2 is 2.15 bits per heavy atom. The minimum Gasteiger partial charge on any atom is -0.479 e. The molecule has 1 aromatic carbocycles. The van der Waals surface area contributed by atoms with Crippen LogP contribution in [0, 0.1) is 10.1 Å². The van der Waals surface area contributed by atoms with Gasteiger partial charge in [0, 0.05) is 11.1 Å². The zero-order valence-electron chi connectivity index (χ0n) is 9.92. The molecule has 0 fully saturated rings. The Kier molecular flexibility index (Phi) is 4.35. The van der Waals surface area contributed by atoms with Crippen LogP contribution in [0.5, 0.6) is 5.75 Å². The van der Waals surface area contributed by atoms with Crippen molar-refractivity contribution in [3.05, 3.63) is 49.8 Å². The summed E-state index contributed by atoms with van der Waals surface area (Å²) in [5, 5.41) is 11.2. The van der Waals surface area contributed by atoms with E-state index in [2.05, 4.69) is 25.9 Å². The number of ether oxygens (including phenoxy) is 1. The minimum absolute atomic E-state index is 0.0222. The molecule has 0 atom stereocenters. The van der Waals surface area contributed by atoms with E-state index in [1.165, 1.54) is 24.5 Å². The van der Waals surface area contributed by atoms with Gasteiger partial charge in [-0.25, -0.2) is 4.98 Å². The van der Waals surface area contributed by atoms with E-state index in [9.17, 15) is 10.1 Å². The third kappa shape index (κ3) is 3.34. The molecule has 0 amide bonds. The fourth-order valence-corrected chi connectivity index (χ4v) is 2.32. The number of aromatic nitrogens is 2. The monoisotopic (exact) mass is 358 g/mol. The van der Waals surface area contributed by atoms with Crippen molar-refractivity contribution in [1.29, 1.82) is 0 Å². The van der Waals surface area contributed by atoms with Gasteiger partial charge in [0.15, 0.2) is 0 Å². The lowest BCUT2D eigenvalue weighted by molar-refractivity contribution is -0.386. The van der Waals surface area contributed by atoms with E-state index < -0.39 is 4.92 Å². The van der Waals surface area contributed by atoms with Gasteiger partial charge in [-0.1, -0.05) is 11.6 Å². The number of nitrogen functional groups attached to an aromatic ring is 1. The maximum atomic E-state index is 11.0. The average Bonchev–Trinajstić information content (AvgIpc) is 2.38. The normalized spacial score (nSPS) is 10.3. The fourth-order valence-electron chi connectivity index (χ4n) is 1.41. The summed E-state index contributed by atoms with van der Waals surface area (Å²) in [6, 6.07) is 2.73. The molecule has 0 aliphatic rings. The molecule has 0 saturated carbocycles. The van der Waals surface area contributed by atoms with Crippen LogP contribution in [0.25, 0.3) is 0 Å². The maximum absolute atomic E-state index is 11.0. The van der Waals surface area contributed by atoms with E-state index in [1.54, 1.807) is 0 Å². The van der Waals surface area contributed by atoms with Crippen molar-refractivity contribution in [3.8, 4) is 5.75 Å². The highest BCUT2D eigenvalue weighted by atomic mass is 79.9. The summed E-state index contributed by atoms with van der Waals surface area (Å²) in [7, 11) is 0. The SMILES string of the molecule is Nc1cnc(COc2c(Br)cc(Cl)cc2[N+](=O)[O-])cn1. The van der Waals surface area contributed by atoms with Crippen molar-refractivity contribution in [3.63, 3.8) is 0 Å². The Hall–Kier alpha value is -1.93. The van der Waals surface area contributed by atoms with Crippen LogP contribution >= 0.6 is 27.5 Å². The van der Waals surface area contributed by atoms with E-state index in [0.717, 1.165) is 0 Å². The van der Waals surface area contributed by atoms with Crippen molar-refractivity contribution in [2.75, 3.05) is 5.73 Å². The maximum Gasteiger partial charge on any atom is 0.313 e. The molecular weight excluding hydrogens is 352 g/mol. The molecule has 0 spiro atoms. The summed E-state index contributed by atoms with van der Waals surface area (Å²) in [6.45, 7) is 0.0222. The smallest absolute Gasteiger partial charge is 0.313 e. The summed E-state index contributed by atoms with van der Waals surface area (Å²) < 4.78 is 5.81. The Labute approximate surface area is 127 Å².